The Morgan fingerprint density at radius 1 is 0.760 bits per heavy atom. The Bertz CT molecular complexity index is 291. The molecular weight excluding hydrogens is 379 g/mol. The maximum atomic E-state index is 5.23. The van der Waals surface area contributed by atoms with Crippen molar-refractivity contribution in [1.29, 1.82) is 0 Å². The molecule has 0 aliphatic heterocycles. The van der Waals surface area contributed by atoms with Gasteiger partial charge in [0.25, 0.3) is 10.3 Å². The van der Waals surface area contributed by atoms with Crippen LogP contribution in [-0.4, -0.2) is 74.9 Å². The Labute approximate surface area is 208 Å². The summed E-state index contributed by atoms with van der Waals surface area (Å²) >= 11 is 9.26. The number of hydrogen-bond acceptors (Lipinski definition) is 4. The van der Waals surface area contributed by atoms with Crippen LogP contribution in [0.25, 0.3) is 0 Å². The van der Waals surface area contributed by atoms with Crippen LogP contribution < -0.4 is 11.5 Å². The molecule has 0 aliphatic carbocycles. The summed E-state index contributed by atoms with van der Waals surface area (Å²) in [5.74, 6) is 1.23. The van der Waals surface area contributed by atoms with Crippen molar-refractivity contribution in [3.63, 3.8) is 0 Å². The van der Waals surface area contributed by atoms with Crippen molar-refractivity contribution in [2.24, 2.45) is 23.3 Å². The van der Waals surface area contributed by atoms with Crippen LogP contribution in [0.15, 0.2) is 0 Å². The van der Waals surface area contributed by atoms with Crippen LogP contribution in [0.2, 0.25) is 0 Å². The fourth-order valence-corrected chi connectivity index (χ4v) is 2.33. The molecular formula is C18H39KN2O2S2. The normalized spacial score (nSPS) is 12.0. The summed E-state index contributed by atoms with van der Waals surface area (Å²) in [4.78, 5) is 0. The molecule has 146 valence electrons. The van der Waals surface area contributed by atoms with Gasteiger partial charge in [0.15, 0.2) is 0 Å². The molecule has 2 atom stereocenters. The van der Waals surface area contributed by atoms with Crippen molar-refractivity contribution in [1.82, 2.24) is 0 Å². The molecule has 0 aromatic rings. The number of nitrogens with two attached hydrogens (primary N) is 2. The number of ether oxygens (including phenoxy) is 2. The summed E-state index contributed by atoms with van der Waals surface area (Å²) < 4.78 is 10.2. The summed E-state index contributed by atoms with van der Waals surface area (Å²) in [7, 11) is 0. The van der Waals surface area contributed by atoms with E-state index in [2.05, 4.69) is 52.1 Å². The molecule has 0 fully saturated rings. The zero-order valence-electron chi connectivity index (χ0n) is 16.0. The van der Waals surface area contributed by atoms with Gasteiger partial charge in [0.05, 0.1) is 13.2 Å². The average Bonchev–Trinajstić information content (AvgIpc) is 2.55. The zero-order chi connectivity index (χ0) is 18.8. The van der Waals surface area contributed by atoms with E-state index in [1.165, 1.54) is 38.5 Å². The van der Waals surface area contributed by atoms with Gasteiger partial charge in [-0.25, -0.2) is 0 Å². The van der Waals surface area contributed by atoms with Crippen LogP contribution in [0.4, 0.5) is 0 Å². The molecule has 0 aromatic carbocycles. The van der Waals surface area contributed by atoms with Crippen LogP contribution in [0, 0.1) is 11.8 Å². The molecule has 0 bridgehead atoms. The molecule has 25 heavy (non-hydrogen) atoms. The van der Waals surface area contributed by atoms with Crippen molar-refractivity contribution in [3.05, 3.63) is 0 Å². The Balaban J connectivity index is -0.000000372. The summed E-state index contributed by atoms with van der Waals surface area (Å²) in [6.07, 6.45) is 9.72. The second kappa shape index (κ2) is 23.1. The Kier molecular flexibility index (Phi) is 28.3. The fraction of sp³-hybridized carbons (Fsp3) is 0.889. The molecule has 0 saturated heterocycles. The van der Waals surface area contributed by atoms with Crippen LogP contribution in [0.1, 0.15) is 79.1 Å². The molecule has 0 heterocycles. The predicted molar refractivity (Wildman–Crippen MR) is 119 cm³/mol. The van der Waals surface area contributed by atoms with Crippen molar-refractivity contribution < 1.29 is 9.47 Å². The van der Waals surface area contributed by atoms with Gasteiger partial charge in [0.1, 0.15) is 0 Å². The maximum absolute atomic E-state index is 5.23. The molecule has 0 rings (SSSR count). The summed E-state index contributed by atoms with van der Waals surface area (Å²) in [6.45, 7) is 10.1. The summed E-state index contributed by atoms with van der Waals surface area (Å²) in [5, 5.41) is 0.342. The molecule has 0 amide bonds. The predicted octanol–water partition coefficient (Wildman–Crippen LogP) is 4.28. The third-order valence-electron chi connectivity index (χ3n) is 4.01. The molecule has 4 nitrogen and oxygen atoms in total. The molecule has 0 saturated carbocycles. The van der Waals surface area contributed by atoms with E-state index in [1.807, 2.05) is 0 Å². The van der Waals surface area contributed by atoms with Gasteiger partial charge in [-0.1, -0.05) is 66.2 Å². The van der Waals surface area contributed by atoms with Crippen molar-refractivity contribution in [2.75, 3.05) is 13.2 Å². The second-order valence-corrected chi connectivity index (χ2v) is 6.90. The minimum atomic E-state index is 0. The number of hydrogen-bond donors (Lipinski definition) is 2. The summed E-state index contributed by atoms with van der Waals surface area (Å²) in [6, 6.07) is 0. The molecule has 4 N–H and O–H groups in total. The van der Waals surface area contributed by atoms with E-state index in [9.17, 15) is 0 Å². The first kappa shape index (κ1) is 30.7. The van der Waals surface area contributed by atoms with Crippen molar-refractivity contribution >= 4 is 86.2 Å². The molecule has 7 heteroatoms. The molecule has 0 aromatic heterocycles. The third-order valence-corrected chi connectivity index (χ3v) is 4.24. The monoisotopic (exact) mass is 418 g/mol. The Hall–Kier alpha value is 1.02. The Morgan fingerprint density at radius 3 is 1.28 bits per heavy atom. The number of rotatable bonds is 12. The van der Waals surface area contributed by atoms with Gasteiger partial charge in [-0.15, -0.1) is 0 Å². The molecule has 0 aliphatic rings. The Morgan fingerprint density at radius 2 is 1.08 bits per heavy atom. The standard InChI is InChI=1S/2C9H19NOS.K.H/c2*1-3-5-6-8(4-2)7-11-9(10)12;;/h2*8H,3-7H2,1-2H3,(H2,10,12);;. The first-order valence-electron chi connectivity index (χ1n) is 9.25. The van der Waals surface area contributed by atoms with E-state index >= 15 is 0 Å². The molecule has 2 unspecified atom stereocenters. The van der Waals surface area contributed by atoms with Gasteiger partial charge in [-0.3, -0.25) is 0 Å². The van der Waals surface area contributed by atoms with Gasteiger partial charge in [-0.2, -0.15) is 0 Å². The minimum absolute atomic E-state index is 0. The van der Waals surface area contributed by atoms with Gasteiger partial charge in [-0.05, 0) is 49.1 Å². The topological polar surface area (TPSA) is 70.5 Å². The van der Waals surface area contributed by atoms with E-state index in [4.69, 9.17) is 20.9 Å². The van der Waals surface area contributed by atoms with Crippen molar-refractivity contribution in [2.45, 2.75) is 79.1 Å². The van der Waals surface area contributed by atoms with E-state index in [0.717, 1.165) is 12.8 Å². The van der Waals surface area contributed by atoms with Crippen molar-refractivity contribution in [3.8, 4) is 0 Å². The SMILES string of the molecule is CCCCC(CC)COC(N)=S.CCCCC(CC)COC(N)=S.[KH]. The van der Waals surface area contributed by atoms with Crippen LogP contribution >= 0.6 is 24.4 Å². The first-order chi connectivity index (χ1) is 11.4. The van der Waals surface area contributed by atoms with E-state index in [0.29, 0.717) is 25.0 Å². The molecule has 0 radical (unpaired) electrons. The average molecular weight is 419 g/mol. The number of thiocarbonyl (C=S) groups is 2. The van der Waals surface area contributed by atoms with E-state index in [-0.39, 0.29) is 61.7 Å². The van der Waals surface area contributed by atoms with E-state index in [1.54, 1.807) is 0 Å². The van der Waals surface area contributed by atoms with Gasteiger partial charge in [0, 0.05) is 0 Å². The van der Waals surface area contributed by atoms with Gasteiger partial charge in [0.2, 0.25) is 0 Å². The second-order valence-electron chi connectivity index (χ2n) is 6.09. The van der Waals surface area contributed by atoms with Crippen LogP contribution in [-0.2, 0) is 9.47 Å². The third kappa shape index (κ3) is 25.0. The molecule has 0 spiro atoms. The van der Waals surface area contributed by atoms with Gasteiger partial charge >= 0.3 is 51.4 Å². The summed E-state index contributed by atoms with van der Waals surface area (Å²) in [5.41, 5.74) is 10.5. The number of unbranched alkanes of at least 4 members (excludes halogenated alkanes) is 2. The van der Waals surface area contributed by atoms with Crippen LogP contribution in [0.5, 0.6) is 0 Å². The first-order valence-corrected chi connectivity index (χ1v) is 10.1. The fourth-order valence-electron chi connectivity index (χ4n) is 2.20. The van der Waals surface area contributed by atoms with E-state index < -0.39 is 0 Å². The zero-order valence-corrected chi connectivity index (χ0v) is 17.6. The quantitative estimate of drug-likeness (QED) is 0.364. The van der Waals surface area contributed by atoms with Gasteiger partial charge < -0.3 is 20.9 Å². The van der Waals surface area contributed by atoms with Crippen LogP contribution in [0.3, 0.4) is 0 Å².